The maximum absolute atomic E-state index is 12.1. The highest BCUT2D eigenvalue weighted by Crippen LogP contribution is 2.39. The number of aromatic hydroxyl groups is 2. The molecule has 10 heteroatoms. The number of rotatable bonds is 6. The van der Waals surface area contributed by atoms with Crippen LogP contribution in [0, 0.1) is 0 Å². The maximum Gasteiger partial charge on any atom is 0.335 e. The third kappa shape index (κ3) is 3.92. The number of phenolic OH excluding ortho intramolecular Hbond substituents is 2. The second-order valence-electron chi connectivity index (χ2n) is 7.01. The number of phenols is 2. The summed E-state index contributed by atoms with van der Waals surface area (Å²) in [6.07, 6.45) is 0. The monoisotopic (exact) mass is 446 g/mol. The molecule has 1 aromatic heterocycles. The summed E-state index contributed by atoms with van der Waals surface area (Å²) < 4.78 is 6.57. The summed E-state index contributed by atoms with van der Waals surface area (Å²) in [6.45, 7) is 0. The minimum atomic E-state index is -1.18. The summed E-state index contributed by atoms with van der Waals surface area (Å²) in [4.78, 5) is 23.8. The maximum atomic E-state index is 12.1. The second kappa shape index (κ2) is 8.35. The fraction of sp³-hybridized carbons (Fsp3) is 0.0435. The molecule has 4 aromatic rings. The van der Waals surface area contributed by atoms with E-state index in [-0.39, 0.29) is 34.3 Å². The van der Waals surface area contributed by atoms with Gasteiger partial charge in [-0.15, -0.1) is 10.2 Å². The molecular weight excluding hydrogens is 428 g/mol. The fourth-order valence-electron chi connectivity index (χ4n) is 3.44. The molecule has 166 valence electrons. The normalized spacial score (nSPS) is 10.7. The number of carboxylic acid groups (broad SMARTS) is 1. The Balaban J connectivity index is 2.03. The van der Waals surface area contributed by atoms with Crippen LogP contribution < -0.4 is 10.5 Å². The number of aromatic nitrogens is 3. The standard InChI is InChI=1S/C23H18N4O6/c1-33-15-6-3-13(4-7-15)27-21(25-26-22(27)20(24)30)18-10-12(23(31)32)2-8-16(18)17-9-5-14(28)11-19(17)29/h2-11,28-29H,1H3,(H2,24,30)(H,31,32). The van der Waals surface area contributed by atoms with E-state index in [1.165, 1.54) is 42.0 Å². The Morgan fingerprint density at radius 1 is 0.909 bits per heavy atom. The van der Waals surface area contributed by atoms with Crippen LogP contribution in [0.2, 0.25) is 0 Å². The Morgan fingerprint density at radius 3 is 2.21 bits per heavy atom. The van der Waals surface area contributed by atoms with E-state index >= 15 is 0 Å². The number of primary amides is 1. The van der Waals surface area contributed by atoms with Gasteiger partial charge in [0.1, 0.15) is 17.2 Å². The van der Waals surface area contributed by atoms with Gasteiger partial charge in [0.25, 0.3) is 5.91 Å². The molecule has 0 saturated carbocycles. The molecule has 33 heavy (non-hydrogen) atoms. The molecule has 0 aliphatic heterocycles. The summed E-state index contributed by atoms with van der Waals surface area (Å²) >= 11 is 0. The fourth-order valence-corrected chi connectivity index (χ4v) is 3.44. The van der Waals surface area contributed by atoms with Crippen LogP contribution in [0.1, 0.15) is 21.0 Å². The van der Waals surface area contributed by atoms with Gasteiger partial charge in [-0.2, -0.15) is 0 Å². The molecule has 1 heterocycles. The molecule has 0 unspecified atom stereocenters. The first-order chi connectivity index (χ1) is 15.8. The van der Waals surface area contributed by atoms with E-state index in [9.17, 15) is 24.9 Å². The lowest BCUT2D eigenvalue weighted by Crippen LogP contribution is -2.18. The van der Waals surface area contributed by atoms with Crippen LogP contribution in [0.5, 0.6) is 17.2 Å². The molecule has 0 saturated heterocycles. The number of aromatic carboxylic acids is 1. The van der Waals surface area contributed by atoms with Crippen LogP contribution in [0.15, 0.2) is 60.7 Å². The molecule has 4 rings (SSSR count). The Labute approximate surface area is 187 Å². The zero-order chi connectivity index (χ0) is 23.7. The van der Waals surface area contributed by atoms with E-state index < -0.39 is 11.9 Å². The highest BCUT2D eigenvalue weighted by atomic mass is 16.5. The van der Waals surface area contributed by atoms with Crippen LogP contribution in [0.4, 0.5) is 0 Å². The Hall–Kier alpha value is -4.86. The summed E-state index contributed by atoms with van der Waals surface area (Å²) in [5.41, 5.74) is 6.93. The van der Waals surface area contributed by atoms with Crippen molar-refractivity contribution in [2.75, 3.05) is 7.11 Å². The lowest BCUT2D eigenvalue weighted by atomic mass is 9.96. The minimum absolute atomic E-state index is 0.0445. The SMILES string of the molecule is COc1ccc(-n2c(C(N)=O)nnc2-c2cc(C(=O)O)ccc2-c2ccc(O)cc2O)cc1. The molecule has 0 radical (unpaired) electrons. The van der Waals surface area contributed by atoms with Gasteiger partial charge in [-0.05, 0) is 54.1 Å². The van der Waals surface area contributed by atoms with E-state index in [1.807, 2.05) is 0 Å². The number of methoxy groups -OCH3 is 1. The number of hydrogen-bond donors (Lipinski definition) is 4. The number of amides is 1. The van der Waals surface area contributed by atoms with Crippen LogP contribution in [0.3, 0.4) is 0 Å². The number of nitrogens with two attached hydrogens (primary N) is 1. The number of carboxylic acids is 1. The Bertz CT molecular complexity index is 1380. The van der Waals surface area contributed by atoms with Crippen molar-refractivity contribution in [3.05, 3.63) is 72.1 Å². The third-order valence-electron chi connectivity index (χ3n) is 4.99. The summed E-state index contributed by atoms with van der Waals surface area (Å²) in [6, 6.07) is 14.9. The Kier molecular flexibility index (Phi) is 5.41. The van der Waals surface area contributed by atoms with Crippen LogP contribution >= 0.6 is 0 Å². The van der Waals surface area contributed by atoms with E-state index in [1.54, 1.807) is 24.3 Å². The number of benzene rings is 3. The zero-order valence-corrected chi connectivity index (χ0v) is 17.3. The largest absolute Gasteiger partial charge is 0.508 e. The van der Waals surface area contributed by atoms with E-state index in [0.717, 1.165) is 6.07 Å². The number of hydrogen-bond acceptors (Lipinski definition) is 7. The first kappa shape index (κ1) is 21.4. The van der Waals surface area contributed by atoms with Gasteiger partial charge in [-0.25, -0.2) is 4.79 Å². The zero-order valence-electron chi connectivity index (χ0n) is 17.3. The first-order valence-corrected chi connectivity index (χ1v) is 9.60. The molecule has 10 nitrogen and oxygen atoms in total. The minimum Gasteiger partial charge on any atom is -0.508 e. The predicted molar refractivity (Wildman–Crippen MR) is 118 cm³/mol. The molecule has 1 amide bonds. The lowest BCUT2D eigenvalue weighted by Gasteiger charge is -2.15. The summed E-state index contributed by atoms with van der Waals surface area (Å²) in [5.74, 6) is -1.86. The molecule has 0 fully saturated rings. The molecule has 0 atom stereocenters. The van der Waals surface area contributed by atoms with Gasteiger partial charge in [-0.3, -0.25) is 9.36 Å². The van der Waals surface area contributed by atoms with Crippen LogP contribution in [0.25, 0.3) is 28.2 Å². The highest BCUT2D eigenvalue weighted by Gasteiger charge is 2.24. The van der Waals surface area contributed by atoms with Gasteiger partial charge in [0.05, 0.1) is 12.7 Å². The third-order valence-corrected chi connectivity index (χ3v) is 4.99. The van der Waals surface area contributed by atoms with Crippen molar-refractivity contribution in [1.82, 2.24) is 14.8 Å². The molecule has 0 aliphatic rings. The van der Waals surface area contributed by atoms with Crippen LogP contribution in [-0.2, 0) is 0 Å². The van der Waals surface area contributed by atoms with Crippen molar-refractivity contribution in [2.45, 2.75) is 0 Å². The molecule has 5 N–H and O–H groups in total. The first-order valence-electron chi connectivity index (χ1n) is 9.60. The van der Waals surface area contributed by atoms with Crippen molar-refractivity contribution in [1.29, 1.82) is 0 Å². The number of nitrogens with zero attached hydrogens (tertiary/aromatic N) is 3. The predicted octanol–water partition coefficient (Wildman–Crippen LogP) is 2.82. The second-order valence-corrected chi connectivity index (χ2v) is 7.01. The lowest BCUT2D eigenvalue weighted by molar-refractivity contribution is 0.0696. The average molecular weight is 446 g/mol. The molecule has 0 aliphatic carbocycles. The molecular formula is C23H18N4O6. The van der Waals surface area contributed by atoms with Crippen molar-refractivity contribution in [3.8, 4) is 45.5 Å². The van der Waals surface area contributed by atoms with Gasteiger partial charge < -0.3 is 25.8 Å². The van der Waals surface area contributed by atoms with Crippen molar-refractivity contribution in [2.24, 2.45) is 5.73 Å². The Morgan fingerprint density at radius 2 is 1.61 bits per heavy atom. The van der Waals surface area contributed by atoms with E-state index in [0.29, 0.717) is 22.6 Å². The van der Waals surface area contributed by atoms with Crippen molar-refractivity contribution in [3.63, 3.8) is 0 Å². The smallest absolute Gasteiger partial charge is 0.335 e. The van der Waals surface area contributed by atoms with Gasteiger partial charge >= 0.3 is 5.97 Å². The molecule has 3 aromatic carbocycles. The highest BCUT2D eigenvalue weighted by molar-refractivity contribution is 5.95. The van der Waals surface area contributed by atoms with E-state index in [2.05, 4.69) is 10.2 Å². The van der Waals surface area contributed by atoms with Crippen molar-refractivity contribution < 1.29 is 29.6 Å². The van der Waals surface area contributed by atoms with Gasteiger partial charge in [0, 0.05) is 22.9 Å². The van der Waals surface area contributed by atoms with Crippen LogP contribution in [-0.4, -0.2) is 49.1 Å². The van der Waals surface area contributed by atoms with E-state index in [4.69, 9.17) is 10.5 Å². The topological polar surface area (TPSA) is 161 Å². The van der Waals surface area contributed by atoms with Crippen molar-refractivity contribution >= 4 is 11.9 Å². The van der Waals surface area contributed by atoms with Gasteiger partial charge in [0.15, 0.2) is 5.82 Å². The summed E-state index contributed by atoms with van der Waals surface area (Å²) in [7, 11) is 1.52. The summed E-state index contributed by atoms with van der Waals surface area (Å²) in [5, 5.41) is 37.7. The number of carbonyl (C=O) groups excluding carboxylic acids is 1. The number of ether oxygens (including phenoxy) is 1. The van der Waals surface area contributed by atoms with Gasteiger partial charge in [0.2, 0.25) is 5.82 Å². The van der Waals surface area contributed by atoms with Gasteiger partial charge in [-0.1, -0.05) is 6.07 Å². The molecule has 0 spiro atoms. The quantitative estimate of drug-likeness (QED) is 0.352. The number of carbonyl (C=O) groups is 2. The molecule has 0 bridgehead atoms. The average Bonchev–Trinajstić information content (AvgIpc) is 3.24.